The lowest BCUT2D eigenvalue weighted by Gasteiger charge is -2.37. The van der Waals surface area contributed by atoms with Crippen molar-refractivity contribution < 1.29 is 13.2 Å². The lowest BCUT2D eigenvalue weighted by Crippen LogP contribution is -2.45. The van der Waals surface area contributed by atoms with Crippen molar-refractivity contribution in [2.75, 3.05) is 39.0 Å². The summed E-state index contributed by atoms with van der Waals surface area (Å²) in [4.78, 5) is 16.5. The molecule has 1 aromatic rings. The van der Waals surface area contributed by atoms with Crippen molar-refractivity contribution in [1.29, 1.82) is 0 Å². The number of thiophene rings is 1. The molecule has 0 unspecified atom stereocenters. The fourth-order valence-electron chi connectivity index (χ4n) is 4.02. The van der Waals surface area contributed by atoms with Crippen molar-refractivity contribution in [2.24, 2.45) is 11.8 Å². The zero-order valence-corrected chi connectivity index (χ0v) is 17.9. The largest absolute Gasteiger partial charge is 0.354 e. The molecule has 8 heteroatoms. The summed E-state index contributed by atoms with van der Waals surface area (Å²) in [6, 6.07) is 4.46. The van der Waals surface area contributed by atoms with Crippen molar-refractivity contribution >= 4 is 27.3 Å². The third-order valence-corrected chi connectivity index (χ3v) is 8.17. The topological polar surface area (TPSA) is 69.7 Å². The van der Waals surface area contributed by atoms with Crippen LogP contribution in [0.5, 0.6) is 0 Å². The molecular formula is C19H31N3O3S2. The van der Waals surface area contributed by atoms with Crippen molar-refractivity contribution in [3.8, 4) is 0 Å². The predicted molar refractivity (Wildman–Crippen MR) is 109 cm³/mol. The summed E-state index contributed by atoms with van der Waals surface area (Å²) >= 11 is 1.75. The van der Waals surface area contributed by atoms with Crippen LogP contribution < -0.4 is 5.32 Å². The smallest absolute Gasteiger partial charge is 0.223 e. The normalized spacial score (nSPS) is 22.6. The quantitative estimate of drug-likeness (QED) is 0.777. The van der Waals surface area contributed by atoms with E-state index in [0.29, 0.717) is 32.5 Å². The van der Waals surface area contributed by atoms with Gasteiger partial charge in [0.05, 0.1) is 12.3 Å². The van der Waals surface area contributed by atoms with Gasteiger partial charge >= 0.3 is 0 Å². The van der Waals surface area contributed by atoms with Crippen LogP contribution >= 0.6 is 11.3 Å². The van der Waals surface area contributed by atoms with Gasteiger partial charge in [-0.1, -0.05) is 13.0 Å². The first-order valence-corrected chi connectivity index (χ1v) is 12.6. The van der Waals surface area contributed by atoms with Gasteiger partial charge in [0.2, 0.25) is 15.9 Å². The van der Waals surface area contributed by atoms with Gasteiger partial charge in [0.25, 0.3) is 0 Å². The predicted octanol–water partition coefficient (Wildman–Crippen LogP) is 2.31. The molecule has 27 heavy (non-hydrogen) atoms. The van der Waals surface area contributed by atoms with Crippen molar-refractivity contribution in [2.45, 2.75) is 38.6 Å². The van der Waals surface area contributed by atoms with Gasteiger partial charge < -0.3 is 5.32 Å². The van der Waals surface area contributed by atoms with Gasteiger partial charge in [-0.15, -0.1) is 11.3 Å². The average molecular weight is 414 g/mol. The minimum atomic E-state index is -3.15. The number of piperidine rings is 2. The Balaban J connectivity index is 1.55. The van der Waals surface area contributed by atoms with Crippen LogP contribution in [0.1, 0.15) is 43.5 Å². The summed E-state index contributed by atoms with van der Waals surface area (Å²) in [7, 11) is -3.15. The van der Waals surface area contributed by atoms with E-state index in [1.165, 1.54) is 28.3 Å². The van der Waals surface area contributed by atoms with Gasteiger partial charge in [-0.05, 0) is 56.1 Å². The number of rotatable bonds is 6. The average Bonchev–Trinajstić information content (AvgIpc) is 3.17. The van der Waals surface area contributed by atoms with E-state index in [4.69, 9.17) is 0 Å². The SMILES string of the molecule is CC1CCN([C@@H](CNC(=O)C2CCN(S(C)(=O)=O)CC2)c2cccs2)CC1. The first kappa shape index (κ1) is 20.8. The van der Waals surface area contributed by atoms with Gasteiger partial charge in [-0.25, -0.2) is 12.7 Å². The Kier molecular flexibility index (Phi) is 6.94. The second-order valence-corrected chi connectivity index (χ2v) is 10.9. The monoisotopic (exact) mass is 413 g/mol. The lowest BCUT2D eigenvalue weighted by atomic mass is 9.96. The second-order valence-electron chi connectivity index (χ2n) is 7.93. The zero-order valence-electron chi connectivity index (χ0n) is 16.3. The lowest BCUT2D eigenvalue weighted by molar-refractivity contribution is -0.126. The Hall–Kier alpha value is -0.960. The van der Waals surface area contributed by atoms with Crippen molar-refractivity contribution in [3.05, 3.63) is 22.4 Å². The first-order valence-electron chi connectivity index (χ1n) is 9.85. The number of hydrogen-bond acceptors (Lipinski definition) is 5. The van der Waals surface area contributed by atoms with Crippen LogP contribution in [0.25, 0.3) is 0 Å². The molecule has 1 amide bonds. The van der Waals surface area contributed by atoms with Gasteiger partial charge in [-0.3, -0.25) is 9.69 Å². The molecule has 152 valence electrons. The molecule has 2 aliphatic heterocycles. The number of sulfonamides is 1. The van der Waals surface area contributed by atoms with Gasteiger partial charge in [0.15, 0.2) is 0 Å². The van der Waals surface area contributed by atoms with E-state index in [2.05, 4.69) is 34.7 Å². The molecular weight excluding hydrogens is 382 g/mol. The molecule has 2 fully saturated rings. The highest BCUT2D eigenvalue weighted by atomic mass is 32.2. The number of hydrogen-bond donors (Lipinski definition) is 1. The molecule has 0 aromatic carbocycles. The second kappa shape index (κ2) is 9.03. The maximum atomic E-state index is 12.7. The molecule has 6 nitrogen and oxygen atoms in total. The van der Waals surface area contributed by atoms with Crippen LogP contribution in [-0.2, 0) is 14.8 Å². The van der Waals surface area contributed by atoms with E-state index in [9.17, 15) is 13.2 Å². The van der Waals surface area contributed by atoms with Crippen LogP contribution in [0, 0.1) is 11.8 Å². The Labute approximate surface area is 167 Å². The Bertz CT molecular complexity index is 705. The summed E-state index contributed by atoms with van der Waals surface area (Å²) < 4.78 is 24.7. The highest BCUT2D eigenvalue weighted by Gasteiger charge is 2.30. The summed E-state index contributed by atoms with van der Waals surface area (Å²) in [6.07, 6.45) is 4.85. The molecule has 0 spiro atoms. The van der Waals surface area contributed by atoms with Crippen LogP contribution in [0.3, 0.4) is 0 Å². The molecule has 1 aromatic heterocycles. The van der Waals surface area contributed by atoms with Gasteiger partial charge in [-0.2, -0.15) is 0 Å². The van der Waals surface area contributed by atoms with E-state index >= 15 is 0 Å². The van der Waals surface area contributed by atoms with Crippen LogP contribution in [-0.4, -0.2) is 62.5 Å². The summed E-state index contributed by atoms with van der Waals surface area (Å²) in [5.74, 6) is 0.753. The van der Waals surface area contributed by atoms with E-state index in [-0.39, 0.29) is 17.9 Å². The van der Waals surface area contributed by atoms with Crippen LogP contribution in [0.15, 0.2) is 17.5 Å². The summed E-state index contributed by atoms with van der Waals surface area (Å²) in [6.45, 7) is 5.96. The van der Waals surface area contributed by atoms with E-state index in [0.717, 1.165) is 19.0 Å². The fourth-order valence-corrected chi connectivity index (χ4v) is 5.76. The molecule has 1 N–H and O–H groups in total. The third kappa shape index (κ3) is 5.53. The number of amides is 1. The third-order valence-electron chi connectivity index (χ3n) is 5.89. The summed E-state index contributed by atoms with van der Waals surface area (Å²) in [5.41, 5.74) is 0. The summed E-state index contributed by atoms with van der Waals surface area (Å²) in [5, 5.41) is 5.26. The Morgan fingerprint density at radius 1 is 1.22 bits per heavy atom. The highest BCUT2D eigenvalue weighted by Crippen LogP contribution is 2.29. The minimum absolute atomic E-state index is 0.0649. The molecule has 0 saturated carbocycles. The molecule has 2 saturated heterocycles. The molecule has 3 heterocycles. The van der Waals surface area contributed by atoms with E-state index in [1.54, 1.807) is 11.3 Å². The number of nitrogens with one attached hydrogen (secondary N) is 1. The molecule has 0 radical (unpaired) electrons. The van der Waals surface area contributed by atoms with Crippen molar-refractivity contribution in [1.82, 2.24) is 14.5 Å². The highest BCUT2D eigenvalue weighted by molar-refractivity contribution is 7.88. The van der Waals surface area contributed by atoms with Crippen molar-refractivity contribution in [3.63, 3.8) is 0 Å². The molecule has 3 rings (SSSR count). The van der Waals surface area contributed by atoms with Crippen LogP contribution in [0.4, 0.5) is 0 Å². The van der Waals surface area contributed by atoms with E-state index in [1.807, 2.05) is 0 Å². The number of likely N-dealkylation sites (tertiary alicyclic amines) is 1. The zero-order chi connectivity index (χ0) is 19.4. The Morgan fingerprint density at radius 2 is 1.89 bits per heavy atom. The number of carbonyl (C=O) groups excluding carboxylic acids is 1. The maximum absolute atomic E-state index is 12.7. The molecule has 0 aliphatic carbocycles. The molecule has 1 atom stereocenters. The number of carbonyl (C=O) groups is 1. The molecule has 0 bridgehead atoms. The maximum Gasteiger partial charge on any atom is 0.223 e. The van der Waals surface area contributed by atoms with Gasteiger partial charge in [0, 0.05) is 30.4 Å². The first-order chi connectivity index (χ1) is 12.8. The Morgan fingerprint density at radius 3 is 2.44 bits per heavy atom. The molecule has 2 aliphatic rings. The fraction of sp³-hybridized carbons (Fsp3) is 0.737. The van der Waals surface area contributed by atoms with Gasteiger partial charge in [0.1, 0.15) is 0 Å². The standard InChI is InChI=1S/C19H31N3O3S2/c1-15-5-9-21(10-6-15)17(18-4-3-13-26-18)14-20-19(23)16-7-11-22(12-8-16)27(2,24)25/h3-4,13,15-17H,5-12,14H2,1-2H3,(H,20,23)/t17-/m0/s1. The minimum Gasteiger partial charge on any atom is -0.354 e. The van der Waals surface area contributed by atoms with E-state index < -0.39 is 10.0 Å². The number of nitrogens with zero attached hydrogens (tertiary/aromatic N) is 2. The van der Waals surface area contributed by atoms with Crippen LogP contribution in [0.2, 0.25) is 0 Å².